The van der Waals surface area contributed by atoms with Crippen LogP contribution in [-0.4, -0.2) is 72.5 Å². The molecule has 4 heteroatoms. The molecule has 1 aromatic rings. The molecule has 0 bridgehead atoms. The van der Waals surface area contributed by atoms with E-state index in [1.54, 1.807) is 6.92 Å². The third-order valence-corrected chi connectivity index (χ3v) is 6.10. The van der Waals surface area contributed by atoms with Gasteiger partial charge in [0.2, 0.25) is 5.91 Å². The van der Waals surface area contributed by atoms with Crippen LogP contribution < -0.4 is 0 Å². The molecular formula is C21H33N3O. The van der Waals surface area contributed by atoms with Crippen LogP contribution in [0.2, 0.25) is 0 Å². The van der Waals surface area contributed by atoms with E-state index in [1.165, 1.54) is 31.5 Å². The van der Waals surface area contributed by atoms with Crippen molar-refractivity contribution in [3.05, 3.63) is 35.9 Å². The van der Waals surface area contributed by atoms with E-state index < -0.39 is 0 Å². The smallest absolute Gasteiger partial charge is 0.219 e. The predicted octanol–water partition coefficient (Wildman–Crippen LogP) is 2.64. The van der Waals surface area contributed by atoms with E-state index >= 15 is 0 Å². The lowest BCUT2D eigenvalue weighted by Crippen LogP contribution is -2.53. The molecule has 2 saturated heterocycles. The Morgan fingerprint density at radius 3 is 2.48 bits per heavy atom. The van der Waals surface area contributed by atoms with Gasteiger partial charge in [-0.15, -0.1) is 0 Å². The maximum absolute atomic E-state index is 11.5. The first-order chi connectivity index (χ1) is 12.1. The number of likely N-dealkylation sites (N-methyl/N-ethyl adjacent to an activating group) is 1. The van der Waals surface area contributed by atoms with E-state index in [9.17, 15) is 4.79 Å². The summed E-state index contributed by atoms with van der Waals surface area (Å²) in [6, 6.07) is 12.1. The first-order valence-corrected chi connectivity index (χ1v) is 9.87. The zero-order chi connectivity index (χ0) is 17.6. The number of hydrogen-bond acceptors (Lipinski definition) is 3. The average molecular weight is 344 g/mol. The van der Waals surface area contributed by atoms with Gasteiger partial charge in [-0.25, -0.2) is 0 Å². The van der Waals surface area contributed by atoms with Crippen molar-refractivity contribution in [1.29, 1.82) is 0 Å². The van der Waals surface area contributed by atoms with Crippen molar-refractivity contribution in [2.24, 2.45) is 0 Å². The Bertz CT molecular complexity index is 539. The average Bonchev–Trinajstić information content (AvgIpc) is 2.67. The quantitative estimate of drug-likeness (QED) is 0.822. The normalized spacial score (nSPS) is 23.2. The Hall–Kier alpha value is -1.39. The summed E-state index contributed by atoms with van der Waals surface area (Å²) in [4.78, 5) is 18.8. The molecule has 0 aliphatic carbocycles. The standard InChI is InChI=1S/C21H33N3O/c1-18(25)24-15-11-20(12-16-24)22(2)21-9-6-13-23(17-21)14-10-19-7-4-3-5-8-19/h3-5,7-8,20-21H,6,9-17H2,1-2H3. The Balaban J connectivity index is 1.46. The van der Waals surface area contributed by atoms with Gasteiger partial charge in [0.25, 0.3) is 0 Å². The third-order valence-electron chi connectivity index (χ3n) is 6.10. The summed E-state index contributed by atoms with van der Waals surface area (Å²) < 4.78 is 0. The number of benzene rings is 1. The minimum absolute atomic E-state index is 0.228. The molecule has 2 fully saturated rings. The number of hydrogen-bond donors (Lipinski definition) is 0. The SMILES string of the molecule is CC(=O)N1CCC(N(C)C2CCCN(CCc3ccccc3)C2)CC1. The second-order valence-electron chi connectivity index (χ2n) is 7.73. The van der Waals surface area contributed by atoms with Gasteiger partial charge in [-0.2, -0.15) is 0 Å². The first-order valence-electron chi connectivity index (χ1n) is 9.87. The van der Waals surface area contributed by atoms with Gasteiger partial charge in [-0.3, -0.25) is 9.69 Å². The fourth-order valence-electron chi connectivity index (χ4n) is 4.38. The highest BCUT2D eigenvalue weighted by Gasteiger charge is 2.30. The molecule has 1 amide bonds. The molecule has 25 heavy (non-hydrogen) atoms. The van der Waals surface area contributed by atoms with Gasteiger partial charge in [0.1, 0.15) is 0 Å². The van der Waals surface area contributed by atoms with Gasteiger partial charge in [0, 0.05) is 45.2 Å². The minimum Gasteiger partial charge on any atom is -0.343 e. The highest BCUT2D eigenvalue weighted by Crippen LogP contribution is 2.22. The second-order valence-corrected chi connectivity index (χ2v) is 7.73. The van der Waals surface area contributed by atoms with Crippen molar-refractivity contribution < 1.29 is 4.79 Å². The van der Waals surface area contributed by atoms with Gasteiger partial charge in [0.15, 0.2) is 0 Å². The Labute approximate surface area is 152 Å². The number of carbonyl (C=O) groups excluding carboxylic acids is 1. The number of amides is 1. The Kier molecular flexibility index (Phi) is 6.49. The minimum atomic E-state index is 0.228. The number of likely N-dealkylation sites (tertiary alicyclic amines) is 2. The van der Waals surface area contributed by atoms with Crippen molar-refractivity contribution in [1.82, 2.24) is 14.7 Å². The van der Waals surface area contributed by atoms with Crippen LogP contribution in [-0.2, 0) is 11.2 Å². The Morgan fingerprint density at radius 1 is 1.08 bits per heavy atom. The molecular weight excluding hydrogens is 310 g/mol. The van der Waals surface area contributed by atoms with Gasteiger partial charge in [0.05, 0.1) is 0 Å². The van der Waals surface area contributed by atoms with Crippen LogP contribution in [0.25, 0.3) is 0 Å². The Morgan fingerprint density at radius 2 is 1.80 bits per heavy atom. The molecule has 0 aromatic heterocycles. The largest absolute Gasteiger partial charge is 0.343 e. The molecule has 4 nitrogen and oxygen atoms in total. The van der Waals surface area contributed by atoms with Crippen molar-refractivity contribution >= 4 is 5.91 Å². The molecule has 138 valence electrons. The van der Waals surface area contributed by atoms with Gasteiger partial charge < -0.3 is 9.80 Å². The maximum atomic E-state index is 11.5. The molecule has 0 saturated carbocycles. The van der Waals surface area contributed by atoms with Crippen molar-refractivity contribution in [2.75, 3.05) is 39.8 Å². The van der Waals surface area contributed by atoms with Crippen LogP contribution in [0.15, 0.2) is 30.3 Å². The summed E-state index contributed by atoms with van der Waals surface area (Å²) in [6.07, 6.45) is 6.00. The zero-order valence-corrected chi connectivity index (χ0v) is 15.9. The molecule has 3 rings (SSSR count). The van der Waals surface area contributed by atoms with Crippen molar-refractivity contribution in [2.45, 2.75) is 51.1 Å². The van der Waals surface area contributed by atoms with Gasteiger partial charge >= 0.3 is 0 Å². The first kappa shape index (κ1) is 18.4. The van der Waals surface area contributed by atoms with Crippen molar-refractivity contribution in [3.8, 4) is 0 Å². The fraction of sp³-hybridized carbons (Fsp3) is 0.667. The molecule has 1 aromatic carbocycles. The van der Waals surface area contributed by atoms with Crippen LogP contribution in [0.4, 0.5) is 0 Å². The van der Waals surface area contributed by atoms with E-state index in [2.05, 4.69) is 47.2 Å². The molecule has 1 atom stereocenters. The second kappa shape index (κ2) is 8.81. The molecule has 2 aliphatic heterocycles. The fourth-order valence-corrected chi connectivity index (χ4v) is 4.38. The van der Waals surface area contributed by atoms with E-state index in [-0.39, 0.29) is 5.91 Å². The molecule has 2 aliphatic rings. The monoisotopic (exact) mass is 343 g/mol. The number of nitrogens with zero attached hydrogens (tertiary/aromatic N) is 3. The molecule has 0 N–H and O–H groups in total. The van der Waals surface area contributed by atoms with Crippen LogP contribution in [0.1, 0.15) is 38.2 Å². The highest BCUT2D eigenvalue weighted by molar-refractivity contribution is 5.73. The molecule has 2 heterocycles. The van der Waals surface area contributed by atoms with Crippen LogP contribution >= 0.6 is 0 Å². The number of rotatable bonds is 5. The third kappa shape index (κ3) is 5.05. The van der Waals surface area contributed by atoms with E-state index in [1.807, 2.05) is 4.90 Å². The van der Waals surface area contributed by atoms with Gasteiger partial charge in [-0.1, -0.05) is 30.3 Å². The van der Waals surface area contributed by atoms with Gasteiger partial charge in [-0.05, 0) is 51.3 Å². The number of carbonyl (C=O) groups is 1. The number of piperidine rings is 2. The molecule has 0 spiro atoms. The zero-order valence-electron chi connectivity index (χ0n) is 15.9. The van der Waals surface area contributed by atoms with E-state index in [0.29, 0.717) is 12.1 Å². The van der Waals surface area contributed by atoms with Crippen molar-refractivity contribution in [3.63, 3.8) is 0 Å². The summed E-state index contributed by atoms with van der Waals surface area (Å²) in [5.41, 5.74) is 1.44. The maximum Gasteiger partial charge on any atom is 0.219 e. The lowest BCUT2D eigenvalue weighted by molar-refractivity contribution is -0.130. The summed E-state index contributed by atoms with van der Waals surface area (Å²) >= 11 is 0. The summed E-state index contributed by atoms with van der Waals surface area (Å²) in [5.74, 6) is 0.228. The summed E-state index contributed by atoms with van der Waals surface area (Å²) in [5, 5.41) is 0. The molecule has 0 radical (unpaired) electrons. The highest BCUT2D eigenvalue weighted by atomic mass is 16.2. The lowest BCUT2D eigenvalue weighted by atomic mass is 9.97. The molecule has 1 unspecified atom stereocenters. The predicted molar refractivity (Wildman–Crippen MR) is 103 cm³/mol. The summed E-state index contributed by atoms with van der Waals surface area (Å²) in [6.45, 7) is 7.13. The van der Waals surface area contributed by atoms with E-state index in [4.69, 9.17) is 0 Å². The topological polar surface area (TPSA) is 26.8 Å². The summed E-state index contributed by atoms with van der Waals surface area (Å²) in [7, 11) is 2.31. The van der Waals surface area contributed by atoms with Crippen LogP contribution in [0, 0.1) is 0 Å². The van der Waals surface area contributed by atoms with Crippen LogP contribution in [0.5, 0.6) is 0 Å². The lowest BCUT2D eigenvalue weighted by Gasteiger charge is -2.43. The van der Waals surface area contributed by atoms with Crippen LogP contribution in [0.3, 0.4) is 0 Å². The van der Waals surface area contributed by atoms with E-state index in [0.717, 1.165) is 38.9 Å².